The molecule has 0 aliphatic heterocycles. The van der Waals surface area contributed by atoms with Gasteiger partial charge < -0.3 is 10.1 Å². The second kappa shape index (κ2) is 8.46. The van der Waals surface area contributed by atoms with E-state index in [9.17, 15) is 4.79 Å². The maximum Gasteiger partial charge on any atom is 0.275 e. The van der Waals surface area contributed by atoms with Crippen molar-refractivity contribution in [2.75, 3.05) is 11.9 Å². The van der Waals surface area contributed by atoms with Crippen LogP contribution in [0.4, 0.5) is 5.69 Å². The Bertz CT molecular complexity index is 903. The van der Waals surface area contributed by atoms with Crippen LogP contribution < -0.4 is 5.32 Å². The van der Waals surface area contributed by atoms with E-state index in [4.69, 9.17) is 4.74 Å². The predicted octanol–water partition coefficient (Wildman–Crippen LogP) is 4.91. The number of carbonyl (C=O) groups is 1. The van der Waals surface area contributed by atoms with Crippen molar-refractivity contribution in [3.05, 3.63) is 81.8 Å². The first kappa shape index (κ1) is 17.9. The molecule has 1 saturated carbocycles. The van der Waals surface area contributed by atoms with E-state index in [2.05, 4.69) is 22.4 Å². The van der Waals surface area contributed by atoms with E-state index in [1.165, 1.54) is 29.7 Å². The molecular formula is C22H22N2O2S. The summed E-state index contributed by atoms with van der Waals surface area (Å²) in [7, 11) is 0. The van der Waals surface area contributed by atoms with E-state index in [1.807, 2.05) is 47.8 Å². The number of rotatable bonds is 8. The van der Waals surface area contributed by atoms with Gasteiger partial charge in [-0.15, -0.1) is 11.3 Å². The summed E-state index contributed by atoms with van der Waals surface area (Å²) in [6.07, 6.45) is 3.32. The van der Waals surface area contributed by atoms with Gasteiger partial charge in [0.15, 0.2) is 0 Å². The smallest absolute Gasteiger partial charge is 0.275 e. The summed E-state index contributed by atoms with van der Waals surface area (Å²) < 4.78 is 5.72. The van der Waals surface area contributed by atoms with Crippen molar-refractivity contribution in [1.29, 1.82) is 0 Å². The van der Waals surface area contributed by atoms with Gasteiger partial charge in [0.05, 0.1) is 11.6 Å². The van der Waals surface area contributed by atoms with Crippen molar-refractivity contribution in [3.8, 4) is 0 Å². The van der Waals surface area contributed by atoms with Crippen LogP contribution in [0.2, 0.25) is 0 Å². The van der Waals surface area contributed by atoms with Crippen LogP contribution in [0, 0.1) is 5.92 Å². The van der Waals surface area contributed by atoms with Crippen LogP contribution in [0.3, 0.4) is 0 Å². The number of amides is 1. The number of anilines is 1. The highest BCUT2D eigenvalue weighted by Gasteiger charge is 2.21. The quantitative estimate of drug-likeness (QED) is 0.606. The average Bonchev–Trinajstić information content (AvgIpc) is 3.39. The number of hydrogen-bond acceptors (Lipinski definition) is 4. The number of hydrogen-bond donors (Lipinski definition) is 1. The molecule has 1 amide bonds. The lowest BCUT2D eigenvalue weighted by molar-refractivity contribution is 0.102. The van der Waals surface area contributed by atoms with Gasteiger partial charge in [0.25, 0.3) is 5.91 Å². The van der Waals surface area contributed by atoms with Crippen molar-refractivity contribution in [1.82, 2.24) is 4.98 Å². The largest absolute Gasteiger partial charge is 0.376 e. The third kappa shape index (κ3) is 5.25. The van der Waals surface area contributed by atoms with Crippen LogP contribution in [0.1, 0.15) is 39.5 Å². The van der Waals surface area contributed by atoms with Crippen LogP contribution >= 0.6 is 11.3 Å². The van der Waals surface area contributed by atoms with Gasteiger partial charge in [0.1, 0.15) is 5.69 Å². The lowest BCUT2D eigenvalue weighted by Gasteiger charge is -2.07. The van der Waals surface area contributed by atoms with Gasteiger partial charge in [0, 0.05) is 24.1 Å². The lowest BCUT2D eigenvalue weighted by Crippen LogP contribution is -2.12. The zero-order valence-electron chi connectivity index (χ0n) is 15.1. The Labute approximate surface area is 163 Å². The standard InChI is InChI=1S/C22H22N2O2S/c25-22(20-15-27-21(24-20)12-16-5-2-1-3-6-16)23-19-8-4-7-18(11-19)14-26-13-17-9-10-17/h1-8,11,15,17H,9-10,12-14H2,(H,23,25). The highest BCUT2D eigenvalue weighted by Crippen LogP contribution is 2.29. The number of nitrogens with zero attached hydrogens (tertiary/aromatic N) is 1. The molecule has 1 aliphatic carbocycles. The average molecular weight is 378 g/mol. The van der Waals surface area contributed by atoms with Gasteiger partial charge in [-0.25, -0.2) is 4.98 Å². The van der Waals surface area contributed by atoms with Gasteiger partial charge in [-0.1, -0.05) is 42.5 Å². The van der Waals surface area contributed by atoms with Crippen molar-refractivity contribution >= 4 is 22.9 Å². The molecule has 27 heavy (non-hydrogen) atoms. The third-order valence-electron chi connectivity index (χ3n) is 4.49. The monoisotopic (exact) mass is 378 g/mol. The second-order valence-corrected chi connectivity index (χ2v) is 7.84. The molecule has 0 spiro atoms. The SMILES string of the molecule is O=C(Nc1cccc(COCC2CC2)c1)c1csc(Cc2ccccc2)n1. The van der Waals surface area contributed by atoms with Gasteiger partial charge in [0.2, 0.25) is 0 Å². The van der Waals surface area contributed by atoms with E-state index in [1.54, 1.807) is 0 Å². The van der Waals surface area contributed by atoms with Crippen LogP contribution in [-0.4, -0.2) is 17.5 Å². The Hall–Kier alpha value is -2.50. The lowest BCUT2D eigenvalue weighted by atomic mass is 10.2. The Morgan fingerprint density at radius 3 is 2.74 bits per heavy atom. The molecule has 0 atom stereocenters. The van der Waals surface area contributed by atoms with E-state index in [-0.39, 0.29) is 5.91 Å². The first-order valence-electron chi connectivity index (χ1n) is 9.22. The van der Waals surface area contributed by atoms with E-state index < -0.39 is 0 Å². The maximum absolute atomic E-state index is 12.5. The molecule has 5 heteroatoms. The van der Waals surface area contributed by atoms with Crippen molar-refractivity contribution < 1.29 is 9.53 Å². The van der Waals surface area contributed by atoms with E-state index in [0.717, 1.165) is 35.2 Å². The van der Waals surface area contributed by atoms with E-state index >= 15 is 0 Å². The molecular weight excluding hydrogens is 356 g/mol. The van der Waals surface area contributed by atoms with Gasteiger partial charge in [-0.2, -0.15) is 0 Å². The Morgan fingerprint density at radius 1 is 1.11 bits per heavy atom. The molecule has 0 unspecified atom stereocenters. The van der Waals surface area contributed by atoms with Crippen LogP contribution in [0.25, 0.3) is 0 Å². The number of ether oxygens (including phenoxy) is 1. The summed E-state index contributed by atoms with van der Waals surface area (Å²) in [5.74, 6) is 0.573. The molecule has 4 rings (SSSR count). The van der Waals surface area contributed by atoms with Crippen LogP contribution in [0.5, 0.6) is 0 Å². The molecule has 1 fully saturated rings. The number of aromatic nitrogens is 1. The predicted molar refractivity (Wildman–Crippen MR) is 108 cm³/mol. The first-order valence-corrected chi connectivity index (χ1v) is 10.1. The second-order valence-electron chi connectivity index (χ2n) is 6.90. The molecule has 138 valence electrons. The van der Waals surface area contributed by atoms with Crippen molar-refractivity contribution in [2.45, 2.75) is 25.9 Å². The number of benzene rings is 2. The molecule has 2 aromatic carbocycles. The molecule has 4 nitrogen and oxygen atoms in total. The van der Waals surface area contributed by atoms with Crippen LogP contribution in [-0.2, 0) is 17.8 Å². The van der Waals surface area contributed by atoms with Crippen molar-refractivity contribution in [3.63, 3.8) is 0 Å². The zero-order chi connectivity index (χ0) is 18.5. The Morgan fingerprint density at radius 2 is 1.93 bits per heavy atom. The van der Waals surface area contributed by atoms with Crippen LogP contribution in [0.15, 0.2) is 60.0 Å². The molecule has 0 saturated heterocycles. The van der Waals surface area contributed by atoms with Gasteiger partial charge >= 0.3 is 0 Å². The number of carbonyl (C=O) groups excluding carboxylic acids is 1. The molecule has 1 N–H and O–H groups in total. The van der Waals surface area contributed by atoms with E-state index in [0.29, 0.717) is 12.3 Å². The van der Waals surface area contributed by atoms with Gasteiger partial charge in [-0.05, 0) is 42.0 Å². The molecule has 1 aliphatic rings. The minimum atomic E-state index is -0.179. The molecule has 3 aromatic rings. The molecule has 0 bridgehead atoms. The topological polar surface area (TPSA) is 51.2 Å². The summed E-state index contributed by atoms with van der Waals surface area (Å²) in [4.78, 5) is 17.0. The third-order valence-corrected chi connectivity index (χ3v) is 5.34. The minimum absolute atomic E-state index is 0.179. The Kier molecular flexibility index (Phi) is 5.61. The highest BCUT2D eigenvalue weighted by molar-refractivity contribution is 7.09. The number of nitrogens with one attached hydrogen (secondary N) is 1. The normalized spacial score (nSPS) is 13.5. The fraction of sp³-hybridized carbons (Fsp3) is 0.273. The fourth-order valence-corrected chi connectivity index (χ4v) is 3.64. The molecule has 1 aromatic heterocycles. The molecule has 1 heterocycles. The number of thiazole rings is 1. The Balaban J connectivity index is 1.34. The first-order chi connectivity index (χ1) is 13.3. The minimum Gasteiger partial charge on any atom is -0.376 e. The summed E-state index contributed by atoms with van der Waals surface area (Å²) in [5.41, 5.74) is 3.49. The molecule has 0 radical (unpaired) electrons. The highest BCUT2D eigenvalue weighted by atomic mass is 32.1. The maximum atomic E-state index is 12.5. The summed E-state index contributed by atoms with van der Waals surface area (Å²) >= 11 is 1.51. The summed E-state index contributed by atoms with van der Waals surface area (Å²) in [6.45, 7) is 1.41. The summed E-state index contributed by atoms with van der Waals surface area (Å²) in [5, 5.41) is 5.69. The zero-order valence-corrected chi connectivity index (χ0v) is 15.9. The van der Waals surface area contributed by atoms with Gasteiger partial charge in [-0.3, -0.25) is 4.79 Å². The fourth-order valence-electron chi connectivity index (χ4n) is 2.83. The van der Waals surface area contributed by atoms with Crippen molar-refractivity contribution in [2.24, 2.45) is 5.92 Å². The summed E-state index contributed by atoms with van der Waals surface area (Å²) in [6, 6.07) is 18.0.